The van der Waals surface area contributed by atoms with Crippen LogP contribution in [0.3, 0.4) is 0 Å². The molecule has 1 aromatic carbocycles. The predicted molar refractivity (Wildman–Crippen MR) is 72.7 cm³/mol. The van der Waals surface area contributed by atoms with E-state index in [0.29, 0.717) is 0 Å². The first-order chi connectivity index (χ1) is 8.24. The number of aryl methyl sites for hydroxylation is 1. The van der Waals surface area contributed by atoms with Crippen molar-refractivity contribution >= 4 is 11.8 Å². The molecule has 0 aliphatic heterocycles. The summed E-state index contributed by atoms with van der Waals surface area (Å²) in [5, 5.41) is 1.02. The highest BCUT2D eigenvalue weighted by atomic mass is 32.2. The molecule has 2 aromatic rings. The van der Waals surface area contributed by atoms with Gasteiger partial charge in [0, 0.05) is 5.56 Å². The Bertz CT molecular complexity index is 525. The van der Waals surface area contributed by atoms with Gasteiger partial charge in [-0.2, -0.15) is 0 Å². The maximum absolute atomic E-state index is 5.38. The zero-order chi connectivity index (χ0) is 12.3. The Morgan fingerprint density at radius 3 is 2.71 bits per heavy atom. The zero-order valence-electron chi connectivity index (χ0n) is 10.2. The highest BCUT2D eigenvalue weighted by Gasteiger charge is 2.07. The third-order valence-corrected chi connectivity index (χ3v) is 3.21. The minimum atomic E-state index is 0.862. The largest absolute Gasteiger partial charge is 0.496 e. The lowest BCUT2D eigenvalue weighted by Crippen LogP contribution is -1.91. The quantitative estimate of drug-likeness (QED) is 0.768. The molecule has 0 bridgehead atoms. The van der Waals surface area contributed by atoms with E-state index in [9.17, 15) is 0 Å². The molecule has 0 aliphatic carbocycles. The van der Waals surface area contributed by atoms with Crippen LogP contribution in [0.5, 0.6) is 5.75 Å². The van der Waals surface area contributed by atoms with Crippen molar-refractivity contribution in [2.24, 2.45) is 0 Å². The van der Waals surface area contributed by atoms with E-state index in [-0.39, 0.29) is 0 Å². The zero-order valence-corrected chi connectivity index (χ0v) is 11.0. The summed E-state index contributed by atoms with van der Waals surface area (Å²) in [6, 6.07) is 12.2. The number of hydrogen-bond acceptors (Lipinski definition) is 3. The molecule has 0 aliphatic rings. The molecular formula is C14H15NOS. The average molecular weight is 245 g/mol. The molecule has 0 atom stereocenters. The van der Waals surface area contributed by atoms with Gasteiger partial charge in [0.1, 0.15) is 5.75 Å². The van der Waals surface area contributed by atoms with E-state index in [0.717, 1.165) is 22.0 Å². The van der Waals surface area contributed by atoms with Crippen LogP contribution in [0.25, 0.3) is 11.3 Å². The lowest BCUT2D eigenvalue weighted by Gasteiger charge is -2.09. The van der Waals surface area contributed by atoms with Crippen molar-refractivity contribution < 1.29 is 4.74 Å². The van der Waals surface area contributed by atoms with Crippen molar-refractivity contribution in [3.8, 4) is 17.0 Å². The van der Waals surface area contributed by atoms with E-state index >= 15 is 0 Å². The van der Waals surface area contributed by atoms with Gasteiger partial charge >= 0.3 is 0 Å². The molecule has 1 heterocycles. The van der Waals surface area contributed by atoms with Crippen LogP contribution in [0.15, 0.2) is 41.4 Å². The lowest BCUT2D eigenvalue weighted by molar-refractivity contribution is 0.416. The molecule has 1 aromatic heterocycles. The predicted octanol–water partition coefficient (Wildman–Crippen LogP) is 3.79. The number of rotatable bonds is 3. The van der Waals surface area contributed by atoms with Gasteiger partial charge in [-0.25, -0.2) is 4.98 Å². The maximum atomic E-state index is 5.38. The molecule has 88 valence electrons. The van der Waals surface area contributed by atoms with Gasteiger partial charge in [-0.15, -0.1) is 11.8 Å². The number of ether oxygens (including phenoxy) is 1. The number of aromatic nitrogens is 1. The smallest absolute Gasteiger partial charge is 0.128 e. The third kappa shape index (κ3) is 2.61. The summed E-state index contributed by atoms with van der Waals surface area (Å²) in [5.41, 5.74) is 3.21. The molecule has 0 amide bonds. The summed E-state index contributed by atoms with van der Waals surface area (Å²) in [6.07, 6.45) is 2.03. The van der Waals surface area contributed by atoms with Gasteiger partial charge in [0.05, 0.1) is 17.8 Å². The number of benzene rings is 1. The summed E-state index contributed by atoms with van der Waals surface area (Å²) in [7, 11) is 1.69. The van der Waals surface area contributed by atoms with E-state index in [2.05, 4.69) is 18.0 Å². The molecule has 0 spiro atoms. The first kappa shape index (κ1) is 12.0. The third-order valence-electron chi connectivity index (χ3n) is 2.56. The molecule has 0 saturated carbocycles. The SMILES string of the molecule is COc1ccc(C)cc1-c1cccc(SC)n1. The molecule has 17 heavy (non-hydrogen) atoms. The highest BCUT2D eigenvalue weighted by molar-refractivity contribution is 7.98. The minimum Gasteiger partial charge on any atom is -0.496 e. The van der Waals surface area contributed by atoms with Crippen LogP contribution < -0.4 is 4.74 Å². The maximum Gasteiger partial charge on any atom is 0.128 e. The lowest BCUT2D eigenvalue weighted by atomic mass is 10.1. The monoisotopic (exact) mass is 245 g/mol. The molecule has 0 radical (unpaired) electrons. The second kappa shape index (κ2) is 5.23. The summed E-state index contributed by atoms with van der Waals surface area (Å²) >= 11 is 1.64. The van der Waals surface area contributed by atoms with Gasteiger partial charge in [0.25, 0.3) is 0 Å². The molecule has 3 heteroatoms. The van der Waals surface area contributed by atoms with Gasteiger partial charge in [0.2, 0.25) is 0 Å². The van der Waals surface area contributed by atoms with Crippen molar-refractivity contribution in [3.05, 3.63) is 42.0 Å². The van der Waals surface area contributed by atoms with Gasteiger partial charge in [-0.1, -0.05) is 17.7 Å². The van der Waals surface area contributed by atoms with Crippen molar-refractivity contribution in [3.63, 3.8) is 0 Å². The van der Waals surface area contributed by atoms with Crippen LogP contribution in [-0.4, -0.2) is 18.3 Å². The molecular weight excluding hydrogens is 230 g/mol. The number of thioether (sulfide) groups is 1. The van der Waals surface area contributed by atoms with Gasteiger partial charge in [-0.05, 0) is 37.4 Å². The highest BCUT2D eigenvalue weighted by Crippen LogP contribution is 2.30. The van der Waals surface area contributed by atoms with Crippen molar-refractivity contribution in [2.45, 2.75) is 11.9 Å². The molecule has 0 saturated heterocycles. The Hall–Kier alpha value is -1.48. The number of nitrogens with zero attached hydrogens (tertiary/aromatic N) is 1. The molecule has 2 nitrogen and oxygen atoms in total. The Morgan fingerprint density at radius 2 is 2.00 bits per heavy atom. The van der Waals surface area contributed by atoms with Crippen LogP contribution in [0.2, 0.25) is 0 Å². The topological polar surface area (TPSA) is 22.1 Å². The summed E-state index contributed by atoms with van der Waals surface area (Å²) < 4.78 is 5.38. The standard InChI is InChI=1S/C14H15NOS/c1-10-7-8-13(16-2)11(9-10)12-5-4-6-14(15-12)17-3/h4-9H,1-3H3. The second-order valence-corrected chi connectivity index (χ2v) is 4.60. The summed E-state index contributed by atoms with van der Waals surface area (Å²) in [6.45, 7) is 2.07. The fourth-order valence-corrected chi connectivity index (χ4v) is 2.10. The van der Waals surface area contributed by atoms with Gasteiger partial charge in [-0.3, -0.25) is 0 Å². The average Bonchev–Trinajstić information content (AvgIpc) is 2.39. The first-order valence-corrected chi connectivity index (χ1v) is 6.63. The van der Waals surface area contributed by atoms with E-state index < -0.39 is 0 Å². The fourth-order valence-electron chi connectivity index (χ4n) is 1.70. The van der Waals surface area contributed by atoms with Crippen LogP contribution in [0.1, 0.15) is 5.56 Å². The van der Waals surface area contributed by atoms with Crippen LogP contribution in [0.4, 0.5) is 0 Å². The van der Waals surface area contributed by atoms with Crippen LogP contribution >= 0.6 is 11.8 Å². The number of methoxy groups -OCH3 is 1. The van der Waals surface area contributed by atoms with E-state index in [1.807, 2.05) is 36.6 Å². The van der Waals surface area contributed by atoms with Crippen LogP contribution in [0, 0.1) is 6.92 Å². The minimum absolute atomic E-state index is 0.862. The number of hydrogen-bond donors (Lipinski definition) is 0. The van der Waals surface area contributed by atoms with Crippen molar-refractivity contribution in [1.29, 1.82) is 0 Å². The normalized spacial score (nSPS) is 10.3. The van der Waals surface area contributed by atoms with E-state index in [1.165, 1.54) is 5.56 Å². The Balaban J connectivity index is 2.54. The van der Waals surface area contributed by atoms with Crippen LogP contribution in [-0.2, 0) is 0 Å². The van der Waals surface area contributed by atoms with E-state index in [4.69, 9.17) is 4.74 Å². The fraction of sp³-hybridized carbons (Fsp3) is 0.214. The molecule has 0 fully saturated rings. The van der Waals surface area contributed by atoms with Gasteiger partial charge < -0.3 is 4.74 Å². The van der Waals surface area contributed by atoms with Crippen molar-refractivity contribution in [1.82, 2.24) is 4.98 Å². The Morgan fingerprint density at radius 1 is 1.18 bits per heavy atom. The first-order valence-electron chi connectivity index (χ1n) is 5.40. The molecule has 0 N–H and O–H groups in total. The van der Waals surface area contributed by atoms with Crippen molar-refractivity contribution in [2.75, 3.05) is 13.4 Å². The number of pyridine rings is 1. The van der Waals surface area contributed by atoms with E-state index in [1.54, 1.807) is 18.9 Å². The molecule has 2 rings (SSSR count). The Labute approximate surface area is 106 Å². The summed E-state index contributed by atoms with van der Waals surface area (Å²) in [4.78, 5) is 4.59. The Kier molecular flexibility index (Phi) is 3.69. The summed E-state index contributed by atoms with van der Waals surface area (Å²) in [5.74, 6) is 0.862. The van der Waals surface area contributed by atoms with Gasteiger partial charge in [0.15, 0.2) is 0 Å². The molecule has 0 unspecified atom stereocenters. The second-order valence-electron chi connectivity index (χ2n) is 3.77.